The van der Waals surface area contributed by atoms with E-state index in [2.05, 4.69) is 6.08 Å². The van der Waals surface area contributed by atoms with E-state index in [4.69, 9.17) is 10.5 Å². The summed E-state index contributed by atoms with van der Waals surface area (Å²) in [5, 5.41) is 0. The molecule has 1 unspecified atom stereocenters. The van der Waals surface area contributed by atoms with Gasteiger partial charge in [0.25, 0.3) is 0 Å². The molecule has 2 aromatic carbocycles. The van der Waals surface area contributed by atoms with Crippen molar-refractivity contribution in [3.63, 3.8) is 0 Å². The van der Waals surface area contributed by atoms with Gasteiger partial charge in [0, 0.05) is 5.92 Å². The van der Waals surface area contributed by atoms with Crippen LogP contribution >= 0.6 is 0 Å². The normalized spacial score (nSPS) is 18.7. The molecular formula is C24H27NO2. The Bertz CT molecular complexity index is 832. The highest BCUT2D eigenvalue weighted by Gasteiger charge is 2.35. The lowest BCUT2D eigenvalue weighted by molar-refractivity contribution is -0.160. The van der Waals surface area contributed by atoms with Crippen LogP contribution in [0.4, 0.5) is 0 Å². The van der Waals surface area contributed by atoms with Gasteiger partial charge in [-0.05, 0) is 37.5 Å². The number of hydrogen-bond acceptors (Lipinski definition) is 3. The summed E-state index contributed by atoms with van der Waals surface area (Å²) in [5.74, 6) is -0.307. The van der Waals surface area contributed by atoms with Crippen molar-refractivity contribution in [2.45, 2.75) is 32.9 Å². The molecule has 3 nitrogen and oxygen atoms in total. The highest BCUT2D eigenvalue weighted by molar-refractivity contribution is 5.75. The van der Waals surface area contributed by atoms with Crippen molar-refractivity contribution in [2.24, 2.45) is 17.1 Å². The Balaban J connectivity index is 1.93. The number of benzene rings is 2. The van der Waals surface area contributed by atoms with Crippen LogP contribution in [-0.4, -0.2) is 5.97 Å². The zero-order chi connectivity index (χ0) is 19.4. The second kappa shape index (κ2) is 7.93. The summed E-state index contributed by atoms with van der Waals surface area (Å²) >= 11 is 0. The molecular weight excluding hydrogens is 334 g/mol. The Kier molecular flexibility index (Phi) is 5.62. The van der Waals surface area contributed by atoms with E-state index in [0.29, 0.717) is 0 Å². The van der Waals surface area contributed by atoms with Gasteiger partial charge in [-0.2, -0.15) is 0 Å². The summed E-state index contributed by atoms with van der Waals surface area (Å²) in [4.78, 5) is 12.7. The Morgan fingerprint density at radius 3 is 2.07 bits per heavy atom. The van der Waals surface area contributed by atoms with Gasteiger partial charge in [-0.3, -0.25) is 4.79 Å². The van der Waals surface area contributed by atoms with Crippen LogP contribution in [0.15, 0.2) is 84.5 Å². The fourth-order valence-corrected chi connectivity index (χ4v) is 3.23. The van der Waals surface area contributed by atoms with Gasteiger partial charge in [0.15, 0.2) is 0 Å². The van der Waals surface area contributed by atoms with Crippen molar-refractivity contribution in [1.82, 2.24) is 0 Å². The molecule has 3 rings (SSSR count). The van der Waals surface area contributed by atoms with Gasteiger partial charge in [0.05, 0.1) is 11.5 Å². The van der Waals surface area contributed by atoms with Crippen molar-refractivity contribution >= 4 is 5.97 Å². The molecule has 0 aromatic heterocycles. The Morgan fingerprint density at radius 2 is 1.52 bits per heavy atom. The molecule has 0 amide bonds. The monoisotopic (exact) mass is 361 g/mol. The van der Waals surface area contributed by atoms with E-state index in [-0.39, 0.29) is 17.9 Å². The number of rotatable bonds is 5. The van der Waals surface area contributed by atoms with Crippen LogP contribution in [0.5, 0.6) is 0 Å². The van der Waals surface area contributed by atoms with E-state index in [0.717, 1.165) is 16.7 Å². The molecule has 1 aliphatic rings. The molecule has 3 heteroatoms. The standard InChI is InChI=1S/C24H27NO2/c1-24(2,3)23(26)27-22(18-13-8-5-9-14-18)20-16-10-15-19(20)21(25)17-11-6-4-7-12-17/h4-16,20-22H,25H2,1-3H3/t20?,21-,22+/m1/s1. The van der Waals surface area contributed by atoms with Crippen molar-refractivity contribution in [3.05, 3.63) is 95.6 Å². The summed E-state index contributed by atoms with van der Waals surface area (Å²) in [5.41, 5.74) is 9.08. The Hall–Kier alpha value is -2.65. The Morgan fingerprint density at radius 1 is 0.963 bits per heavy atom. The van der Waals surface area contributed by atoms with Gasteiger partial charge in [0.2, 0.25) is 0 Å². The second-order valence-electron chi connectivity index (χ2n) is 7.95. The summed E-state index contributed by atoms with van der Waals surface area (Å²) < 4.78 is 6.01. The summed E-state index contributed by atoms with van der Waals surface area (Å²) in [6, 6.07) is 19.7. The zero-order valence-corrected chi connectivity index (χ0v) is 16.1. The minimum atomic E-state index is -0.569. The topological polar surface area (TPSA) is 52.3 Å². The third-order valence-corrected chi connectivity index (χ3v) is 4.81. The molecule has 0 bridgehead atoms. The van der Waals surface area contributed by atoms with Gasteiger partial charge in [-0.15, -0.1) is 0 Å². The minimum absolute atomic E-state index is 0.0890. The van der Waals surface area contributed by atoms with E-state index >= 15 is 0 Å². The molecule has 0 heterocycles. The van der Waals surface area contributed by atoms with Gasteiger partial charge in [-0.25, -0.2) is 0 Å². The largest absolute Gasteiger partial charge is 0.456 e. The van der Waals surface area contributed by atoms with Crippen LogP contribution in [0.2, 0.25) is 0 Å². The lowest BCUT2D eigenvalue weighted by Crippen LogP contribution is -2.29. The van der Waals surface area contributed by atoms with Crippen molar-refractivity contribution in [2.75, 3.05) is 0 Å². The highest BCUT2D eigenvalue weighted by Crippen LogP contribution is 2.41. The van der Waals surface area contributed by atoms with Crippen LogP contribution in [0, 0.1) is 11.3 Å². The van der Waals surface area contributed by atoms with Crippen LogP contribution < -0.4 is 5.73 Å². The predicted molar refractivity (Wildman–Crippen MR) is 109 cm³/mol. The maximum atomic E-state index is 12.7. The molecule has 140 valence electrons. The summed E-state index contributed by atoms with van der Waals surface area (Å²) in [6.45, 7) is 5.61. The summed E-state index contributed by atoms with van der Waals surface area (Å²) in [6.07, 6.45) is 5.72. The number of hydrogen-bond donors (Lipinski definition) is 1. The third-order valence-electron chi connectivity index (χ3n) is 4.81. The maximum absolute atomic E-state index is 12.7. The number of allylic oxidation sites excluding steroid dienone is 2. The average Bonchev–Trinajstić information content (AvgIpc) is 3.15. The van der Waals surface area contributed by atoms with Crippen molar-refractivity contribution in [1.29, 1.82) is 0 Å². The summed E-state index contributed by atoms with van der Waals surface area (Å²) in [7, 11) is 0. The first-order valence-corrected chi connectivity index (χ1v) is 9.33. The second-order valence-corrected chi connectivity index (χ2v) is 7.95. The quantitative estimate of drug-likeness (QED) is 0.751. The molecule has 27 heavy (non-hydrogen) atoms. The first kappa shape index (κ1) is 19.1. The SMILES string of the molecule is CC(C)(C)C(=O)O[C@@H](c1ccccc1)C1C=CC=C1[C@H](N)c1ccccc1. The van der Waals surface area contributed by atoms with Gasteiger partial charge in [-0.1, -0.05) is 78.9 Å². The molecule has 2 aromatic rings. The molecule has 0 saturated heterocycles. The van der Waals surface area contributed by atoms with E-state index in [1.165, 1.54) is 0 Å². The van der Waals surface area contributed by atoms with E-state index < -0.39 is 11.5 Å². The number of esters is 1. The predicted octanol–water partition coefficient (Wildman–Crippen LogP) is 5.13. The lowest BCUT2D eigenvalue weighted by Gasteiger charge is -2.30. The van der Waals surface area contributed by atoms with Gasteiger partial charge >= 0.3 is 5.97 Å². The molecule has 2 N–H and O–H groups in total. The molecule has 0 radical (unpaired) electrons. The van der Waals surface area contributed by atoms with Crippen molar-refractivity contribution < 1.29 is 9.53 Å². The average molecular weight is 361 g/mol. The zero-order valence-electron chi connectivity index (χ0n) is 16.1. The Labute approximate surface area is 161 Å². The fourth-order valence-electron chi connectivity index (χ4n) is 3.23. The third kappa shape index (κ3) is 4.37. The molecule has 0 spiro atoms. The van der Waals surface area contributed by atoms with Gasteiger partial charge in [0.1, 0.15) is 6.10 Å². The molecule has 0 saturated carbocycles. The smallest absolute Gasteiger partial charge is 0.311 e. The van der Waals surface area contributed by atoms with Crippen LogP contribution in [-0.2, 0) is 9.53 Å². The van der Waals surface area contributed by atoms with Crippen LogP contribution in [0.3, 0.4) is 0 Å². The molecule has 1 aliphatic carbocycles. The fraction of sp³-hybridized carbons (Fsp3) is 0.292. The first-order chi connectivity index (χ1) is 12.9. The molecule has 3 atom stereocenters. The first-order valence-electron chi connectivity index (χ1n) is 9.33. The highest BCUT2D eigenvalue weighted by atomic mass is 16.5. The van der Waals surface area contributed by atoms with Gasteiger partial charge < -0.3 is 10.5 Å². The lowest BCUT2D eigenvalue weighted by atomic mass is 9.85. The maximum Gasteiger partial charge on any atom is 0.311 e. The number of carbonyl (C=O) groups is 1. The van der Waals surface area contributed by atoms with Crippen molar-refractivity contribution in [3.8, 4) is 0 Å². The van der Waals surface area contributed by atoms with E-state index in [9.17, 15) is 4.79 Å². The van der Waals surface area contributed by atoms with E-state index in [1.54, 1.807) is 0 Å². The van der Waals surface area contributed by atoms with Crippen LogP contribution in [0.1, 0.15) is 44.0 Å². The molecule has 0 aliphatic heterocycles. The van der Waals surface area contributed by atoms with Crippen LogP contribution in [0.25, 0.3) is 0 Å². The molecule has 0 fully saturated rings. The van der Waals surface area contributed by atoms with E-state index in [1.807, 2.05) is 93.6 Å². The number of carbonyl (C=O) groups excluding carboxylic acids is 1. The number of ether oxygens (including phenoxy) is 1. The minimum Gasteiger partial charge on any atom is -0.456 e. The number of nitrogens with two attached hydrogens (primary N) is 1.